The minimum Gasteiger partial charge on any atom is -0.494 e. The van der Waals surface area contributed by atoms with Crippen LogP contribution in [0.25, 0.3) is 0 Å². The van der Waals surface area contributed by atoms with Crippen molar-refractivity contribution in [2.45, 2.75) is 24.9 Å². The third kappa shape index (κ3) is 4.06. The average molecular weight is 541 g/mol. The lowest BCUT2D eigenvalue weighted by molar-refractivity contribution is -0.129. The normalized spacial score (nSPS) is 22.4. The van der Waals surface area contributed by atoms with Crippen LogP contribution in [0.1, 0.15) is 40.1 Å². The Kier molecular flexibility index (Phi) is 6.53. The highest BCUT2D eigenvalue weighted by atomic mass is 35.5. The molecule has 3 unspecified atom stereocenters. The zero-order chi connectivity index (χ0) is 27.1. The fourth-order valence-electron chi connectivity index (χ4n) is 6.37. The summed E-state index contributed by atoms with van der Waals surface area (Å²) in [5.74, 6) is 0.157. The topological polar surface area (TPSA) is 63.0 Å². The molecule has 2 aliphatic rings. The van der Waals surface area contributed by atoms with Crippen LogP contribution in [-0.2, 0) is 16.9 Å². The predicted molar refractivity (Wildman–Crippen MR) is 150 cm³/mol. The van der Waals surface area contributed by atoms with Crippen molar-refractivity contribution in [3.05, 3.63) is 119 Å². The number of carbonyl (C=O) groups is 2. The van der Waals surface area contributed by atoms with Gasteiger partial charge < -0.3 is 14.1 Å². The maximum atomic E-state index is 14.7. The first-order chi connectivity index (χ1) is 18.9. The number of carbonyl (C=O) groups excluding carboxylic acids is 2. The molecule has 1 saturated heterocycles. The van der Waals surface area contributed by atoms with Gasteiger partial charge in [-0.2, -0.15) is 0 Å². The van der Waals surface area contributed by atoms with Gasteiger partial charge >= 0.3 is 0 Å². The molecular weight excluding hydrogens is 512 g/mol. The first kappa shape index (κ1) is 25.4. The molecule has 1 amide bonds. The van der Waals surface area contributed by atoms with E-state index in [1.807, 2.05) is 79.5 Å². The maximum Gasteiger partial charge on any atom is 0.253 e. The molecule has 3 aromatic carbocycles. The first-order valence-corrected chi connectivity index (χ1v) is 13.5. The van der Waals surface area contributed by atoms with Crippen molar-refractivity contribution in [2.75, 3.05) is 25.1 Å². The van der Waals surface area contributed by atoms with Gasteiger partial charge in [-0.3, -0.25) is 14.5 Å². The predicted octanol–water partition coefficient (Wildman–Crippen LogP) is 6.30. The molecule has 0 radical (unpaired) electrons. The number of anilines is 1. The highest BCUT2D eigenvalue weighted by molar-refractivity contribution is 6.30. The van der Waals surface area contributed by atoms with E-state index in [9.17, 15) is 9.59 Å². The molecule has 0 aliphatic carbocycles. The van der Waals surface area contributed by atoms with Crippen LogP contribution in [0.5, 0.6) is 5.75 Å². The number of hydrogen-bond donors (Lipinski definition) is 0. The second-order valence-corrected chi connectivity index (χ2v) is 10.5. The summed E-state index contributed by atoms with van der Waals surface area (Å²) in [6, 6.07) is 26.2. The molecule has 1 spiro atoms. The summed E-state index contributed by atoms with van der Waals surface area (Å²) < 4.78 is 11.5. The van der Waals surface area contributed by atoms with E-state index in [0.717, 1.165) is 16.8 Å². The molecule has 4 aromatic rings. The van der Waals surface area contributed by atoms with Gasteiger partial charge in [0.25, 0.3) is 5.91 Å². The monoisotopic (exact) mass is 540 g/mol. The second-order valence-electron chi connectivity index (χ2n) is 10.1. The molecule has 1 aromatic heterocycles. The number of amides is 1. The number of ketones is 1. The van der Waals surface area contributed by atoms with Crippen LogP contribution < -0.4 is 9.64 Å². The van der Waals surface area contributed by atoms with Gasteiger partial charge in [0, 0.05) is 34.3 Å². The zero-order valence-electron chi connectivity index (χ0n) is 21.8. The quantitative estimate of drug-likeness (QED) is 0.257. The van der Waals surface area contributed by atoms with E-state index in [4.69, 9.17) is 20.8 Å². The van der Waals surface area contributed by atoms with Crippen LogP contribution in [0, 0.1) is 5.92 Å². The largest absolute Gasteiger partial charge is 0.494 e. The Hall–Kier alpha value is -3.87. The number of nitrogens with zero attached hydrogens (tertiary/aromatic N) is 2. The number of furan rings is 1. The standard InChI is InChI=1S/C32H29ClN2O4/c1-3-38-24-15-13-22(14-16-24)30(36)29-25(28-12-7-17-39-28)20-34(2)32(29)26-10-4-5-11-27(26)35(31(32)37)19-21-8-6-9-23(33)18-21/h4-18,25,29H,3,19-20H2,1-2H3. The van der Waals surface area contributed by atoms with Crippen molar-refractivity contribution in [3.8, 4) is 5.75 Å². The Morgan fingerprint density at radius 3 is 2.56 bits per heavy atom. The van der Waals surface area contributed by atoms with Gasteiger partial charge in [0.15, 0.2) is 5.78 Å². The lowest BCUT2D eigenvalue weighted by Crippen LogP contribution is -2.53. The van der Waals surface area contributed by atoms with Crippen molar-refractivity contribution >= 4 is 29.0 Å². The Bertz CT molecular complexity index is 1520. The highest BCUT2D eigenvalue weighted by Crippen LogP contribution is 2.57. The number of halogens is 1. The number of benzene rings is 3. The van der Waals surface area contributed by atoms with Crippen LogP contribution in [0.15, 0.2) is 95.6 Å². The number of Topliss-reactive ketones (excluding diaryl/α,β-unsaturated/α-hetero) is 1. The van der Waals surface area contributed by atoms with Crippen LogP contribution in [0.2, 0.25) is 5.02 Å². The molecular formula is C32H29ClN2O4. The van der Waals surface area contributed by atoms with Crippen molar-refractivity contribution in [1.29, 1.82) is 0 Å². The summed E-state index contributed by atoms with van der Waals surface area (Å²) in [5.41, 5.74) is 1.90. The minimum absolute atomic E-state index is 0.100. The lowest BCUT2D eigenvalue weighted by Gasteiger charge is -2.36. The molecule has 7 heteroatoms. The van der Waals surface area contributed by atoms with Crippen molar-refractivity contribution < 1.29 is 18.7 Å². The number of para-hydroxylation sites is 1. The first-order valence-electron chi connectivity index (χ1n) is 13.1. The van der Waals surface area contributed by atoms with E-state index in [2.05, 4.69) is 0 Å². The molecule has 3 atom stereocenters. The van der Waals surface area contributed by atoms with Crippen molar-refractivity contribution in [2.24, 2.45) is 5.92 Å². The molecule has 0 bridgehead atoms. The molecule has 1 fully saturated rings. The number of ether oxygens (including phenoxy) is 1. The van der Waals surface area contributed by atoms with Gasteiger partial charge in [0.2, 0.25) is 0 Å². The number of likely N-dealkylation sites (tertiary alicyclic amines) is 1. The Morgan fingerprint density at radius 2 is 1.85 bits per heavy atom. The lowest BCUT2D eigenvalue weighted by atomic mass is 9.71. The van der Waals surface area contributed by atoms with Crippen molar-refractivity contribution in [3.63, 3.8) is 0 Å². The van der Waals surface area contributed by atoms with Gasteiger partial charge in [0.05, 0.1) is 25.3 Å². The summed E-state index contributed by atoms with van der Waals surface area (Å²) in [4.78, 5) is 33.1. The Balaban J connectivity index is 1.49. The van der Waals surface area contributed by atoms with Gasteiger partial charge in [-0.1, -0.05) is 41.9 Å². The maximum absolute atomic E-state index is 14.7. The molecule has 198 valence electrons. The second kappa shape index (κ2) is 10.0. The molecule has 0 N–H and O–H groups in total. The van der Waals surface area contributed by atoms with Crippen LogP contribution in [-0.4, -0.2) is 36.8 Å². The van der Waals surface area contributed by atoms with Gasteiger partial charge in [-0.25, -0.2) is 0 Å². The van der Waals surface area contributed by atoms with E-state index in [1.165, 1.54) is 0 Å². The Morgan fingerprint density at radius 1 is 1.05 bits per heavy atom. The number of hydrogen-bond acceptors (Lipinski definition) is 5. The molecule has 6 rings (SSSR count). The fraction of sp³-hybridized carbons (Fsp3) is 0.250. The smallest absolute Gasteiger partial charge is 0.253 e. The van der Waals surface area contributed by atoms with E-state index < -0.39 is 11.5 Å². The summed E-state index contributed by atoms with van der Waals surface area (Å²) >= 11 is 6.27. The Labute approximate surface area is 232 Å². The van der Waals surface area contributed by atoms with Crippen LogP contribution in [0.3, 0.4) is 0 Å². The molecule has 6 nitrogen and oxygen atoms in total. The van der Waals surface area contributed by atoms with Crippen LogP contribution >= 0.6 is 11.6 Å². The average Bonchev–Trinajstić information content (AvgIpc) is 3.64. The molecule has 39 heavy (non-hydrogen) atoms. The summed E-state index contributed by atoms with van der Waals surface area (Å²) in [5, 5.41) is 0.613. The van der Waals surface area contributed by atoms with E-state index in [0.29, 0.717) is 41.8 Å². The minimum atomic E-state index is -1.19. The molecule has 3 heterocycles. The number of fused-ring (bicyclic) bond motifs is 2. The van der Waals surface area contributed by atoms with Gasteiger partial charge in [-0.15, -0.1) is 0 Å². The zero-order valence-corrected chi connectivity index (χ0v) is 22.6. The molecule has 0 saturated carbocycles. The van der Waals surface area contributed by atoms with E-state index >= 15 is 0 Å². The summed E-state index contributed by atoms with van der Waals surface area (Å²) in [6.07, 6.45) is 1.62. The molecule has 2 aliphatic heterocycles. The van der Waals surface area contributed by atoms with Crippen LogP contribution in [0.4, 0.5) is 5.69 Å². The SMILES string of the molecule is CCOc1ccc(C(=O)C2C(c3ccco3)CN(C)C23C(=O)N(Cc2cccc(Cl)c2)c2ccccc23)cc1. The number of rotatable bonds is 7. The highest BCUT2D eigenvalue weighted by Gasteiger charge is 2.66. The summed E-state index contributed by atoms with van der Waals surface area (Å²) in [7, 11) is 1.93. The van der Waals surface area contributed by atoms with Crippen molar-refractivity contribution in [1.82, 2.24) is 4.90 Å². The third-order valence-corrected chi connectivity index (χ3v) is 8.21. The fourth-order valence-corrected chi connectivity index (χ4v) is 6.58. The summed E-state index contributed by atoms with van der Waals surface area (Å²) in [6.45, 7) is 3.30. The third-order valence-electron chi connectivity index (χ3n) is 7.97. The van der Waals surface area contributed by atoms with Gasteiger partial charge in [0.1, 0.15) is 17.0 Å². The van der Waals surface area contributed by atoms with Gasteiger partial charge in [-0.05, 0) is 74.1 Å². The number of likely N-dealkylation sites (N-methyl/N-ethyl adjacent to an activating group) is 1. The van der Waals surface area contributed by atoms with E-state index in [-0.39, 0.29) is 17.6 Å². The van der Waals surface area contributed by atoms with E-state index in [1.54, 1.807) is 35.4 Å².